The van der Waals surface area contributed by atoms with Crippen LogP contribution in [0, 0.1) is 0 Å². The zero-order valence-electron chi connectivity index (χ0n) is 20.1. The standard InChI is InChI=1S/C24H33N5O4S/c1-4-27-10-5-6-17(27)14-25-23(31)22-18-15-28(11-9-19(18)29(26-22)12-13-33-3)24(32)21-8-7-20(34-21)16(2)30/h7-8,17H,4-6,9-15H2,1-3H3,(H,25,31). The van der Waals surface area contributed by atoms with Crippen molar-refractivity contribution in [3.05, 3.63) is 38.8 Å². The summed E-state index contributed by atoms with van der Waals surface area (Å²) in [5.41, 5.74) is 2.17. The maximum atomic E-state index is 13.2. The molecule has 0 bridgehead atoms. The van der Waals surface area contributed by atoms with Crippen LogP contribution in [-0.2, 0) is 24.2 Å². The van der Waals surface area contributed by atoms with Crippen molar-refractivity contribution in [1.82, 2.24) is 24.9 Å². The first-order valence-corrected chi connectivity index (χ1v) is 12.7. The summed E-state index contributed by atoms with van der Waals surface area (Å²) < 4.78 is 7.08. The van der Waals surface area contributed by atoms with Crippen LogP contribution >= 0.6 is 11.3 Å². The van der Waals surface area contributed by atoms with Gasteiger partial charge in [0, 0.05) is 43.9 Å². The summed E-state index contributed by atoms with van der Waals surface area (Å²) in [5, 5.41) is 7.73. The summed E-state index contributed by atoms with van der Waals surface area (Å²) >= 11 is 1.21. The third kappa shape index (κ3) is 5.08. The number of carbonyl (C=O) groups is 3. The summed E-state index contributed by atoms with van der Waals surface area (Å²) in [6, 6.07) is 3.75. The molecule has 4 heterocycles. The van der Waals surface area contributed by atoms with Gasteiger partial charge < -0.3 is 15.0 Å². The molecule has 2 aromatic heterocycles. The van der Waals surface area contributed by atoms with E-state index in [0.29, 0.717) is 60.7 Å². The fourth-order valence-corrected chi connectivity index (χ4v) is 5.71. The van der Waals surface area contributed by atoms with Gasteiger partial charge in [-0.3, -0.25) is 24.0 Å². The van der Waals surface area contributed by atoms with E-state index >= 15 is 0 Å². The Morgan fingerprint density at radius 3 is 2.74 bits per heavy atom. The van der Waals surface area contributed by atoms with E-state index in [1.807, 2.05) is 4.68 Å². The zero-order chi connectivity index (χ0) is 24.2. The molecule has 2 aliphatic heterocycles. The van der Waals surface area contributed by atoms with Crippen LogP contribution in [0.2, 0.25) is 0 Å². The van der Waals surface area contributed by atoms with E-state index in [9.17, 15) is 14.4 Å². The average Bonchev–Trinajstić information content (AvgIpc) is 3.58. The fourth-order valence-electron chi connectivity index (χ4n) is 4.84. The van der Waals surface area contributed by atoms with E-state index in [1.54, 1.807) is 24.1 Å². The van der Waals surface area contributed by atoms with Gasteiger partial charge in [0.25, 0.3) is 11.8 Å². The SMILES string of the molecule is CCN1CCCC1CNC(=O)c1nn(CCOC)c2c1CN(C(=O)c1ccc(C(C)=O)s1)CC2. The molecular weight excluding hydrogens is 454 g/mol. The molecule has 4 rings (SSSR count). The lowest BCUT2D eigenvalue weighted by molar-refractivity contribution is 0.0734. The summed E-state index contributed by atoms with van der Waals surface area (Å²) in [7, 11) is 1.64. The maximum absolute atomic E-state index is 13.2. The summed E-state index contributed by atoms with van der Waals surface area (Å²) in [5.74, 6) is -0.365. The summed E-state index contributed by atoms with van der Waals surface area (Å²) in [4.78, 5) is 43.2. The van der Waals surface area contributed by atoms with Gasteiger partial charge in [0.2, 0.25) is 0 Å². The Morgan fingerprint density at radius 2 is 2.03 bits per heavy atom. The van der Waals surface area contributed by atoms with Gasteiger partial charge in [-0.2, -0.15) is 5.10 Å². The van der Waals surface area contributed by atoms with Gasteiger partial charge in [-0.1, -0.05) is 6.92 Å². The number of fused-ring (bicyclic) bond motifs is 1. The number of amides is 2. The quantitative estimate of drug-likeness (QED) is 0.545. The number of likely N-dealkylation sites (N-methyl/N-ethyl adjacent to an activating group) is 1. The molecule has 1 fully saturated rings. The molecule has 2 aromatic rings. The molecule has 2 amide bonds. The molecule has 1 atom stereocenters. The van der Waals surface area contributed by atoms with Crippen LogP contribution in [0.25, 0.3) is 0 Å². The first-order chi connectivity index (χ1) is 16.4. The Labute approximate surface area is 204 Å². The molecular formula is C24H33N5O4S. The van der Waals surface area contributed by atoms with Crippen LogP contribution in [0.5, 0.6) is 0 Å². The third-order valence-electron chi connectivity index (χ3n) is 6.71. The van der Waals surface area contributed by atoms with Crippen LogP contribution in [-0.4, -0.2) is 83.1 Å². The topological polar surface area (TPSA) is 96.8 Å². The lowest BCUT2D eigenvalue weighted by atomic mass is 10.0. The summed E-state index contributed by atoms with van der Waals surface area (Å²) in [6.07, 6.45) is 2.85. The molecule has 0 saturated carbocycles. The summed E-state index contributed by atoms with van der Waals surface area (Å²) in [6.45, 7) is 8.19. The second kappa shape index (κ2) is 10.8. The Balaban J connectivity index is 1.53. The van der Waals surface area contributed by atoms with E-state index in [0.717, 1.165) is 37.2 Å². The number of carbonyl (C=O) groups excluding carboxylic acids is 3. The first kappa shape index (κ1) is 24.6. The highest BCUT2D eigenvalue weighted by molar-refractivity contribution is 7.15. The number of aromatic nitrogens is 2. The second-order valence-corrected chi connectivity index (χ2v) is 9.91. The van der Waals surface area contributed by atoms with Gasteiger partial charge in [0.05, 0.1) is 29.5 Å². The number of nitrogens with zero attached hydrogens (tertiary/aromatic N) is 4. The zero-order valence-corrected chi connectivity index (χ0v) is 20.9. The van der Waals surface area contributed by atoms with Gasteiger partial charge in [0.1, 0.15) is 0 Å². The third-order valence-corrected chi connectivity index (χ3v) is 7.88. The molecule has 0 spiro atoms. The maximum Gasteiger partial charge on any atom is 0.272 e. The van der Waals surface area contributed by atoms with Crippen LogP contribution < -0.4 is 5.32 Å². The smallest absolute Gasteiger partial charge is 0.272 e. The van der Waals surface area contributed by atoms with Crippen molar-refractivity contribution >= 4 is 28.9 Å². The highest BCUT2D eigenvalue weighted by Gasteiger charge is 2.32. The van der Waals surface area contributed by atoms with Crippen molar-refractivity contribution in [2.45, 2.75) is 52.2 Å². The molecule has 1 unspecified atom stereocenters. The molecule has 10 heteroatoms. The number of likely N-dealkylation sites (tertiary alicyclic amines) is 1. The number of thiophene rings is 1. The highest BCUT2D eigenvalue weighted by Crippen LogP contribution is 2.26. The van der Waals surface area contributed by atoms with Crippen LogP contribution in [0.4, 0.5) is 0 Å². The van der Waals surface area contributed by atoms with E-state index < -0.39 is 0 Å². The Morgan fingerprint density at radius 1 is 1.24 bits per heavy atom. The first-order valence-electron chi connectivity index (χ1n) is 11.9. The minimum atomic E-state index is -0.195. The van der Waals surface area contributed by atoms with Crippen molar-refractivity contribution in [3.8, 4) is 0 Å². The van der Waals surface area contributed by atoms with E-state index in [4.69, 9.17) is 4.74 Å². The van der Waals surface area contributed by atoms with Crippen molar-refractivity contribution in [2.24, 2.45) is 0 Å². The number of nitrogens with one attached hydrogen (secondary N) is 1. The van der Waals surface area contributed by atoms with E-state index in [1.165, 1.54) is 18.3 Å². The number of ketones is 1. The molecule has 1 saturated heterocycles. The largest absolute Gasteiger partial charge is 0.383 e. The number of hydrogen-bond acceptors (Lipinski definition) is 7. The van der Waals surface area contributed by atoms with Crippen LogP contribution in [0.1, 0.15) is 67.8 Å². The normalized spacial score (nSPS) is 18.2. The Bertz CT molecular complexity index is 1060. The van der Waals surface area contributed by atoms with Crippen molar-refractivity contribution in [3.63, 3.8) is 0 Å². The average molecular weight is 488 g/mol. The molecule has 184 valence electrons. The Hall–Kier alpha value is -2.56. The van der Waals surface area contributed by atoms with Crippen LogP contribution in [0.3, 0.4) is 0 Å². The van der Waals surface area contributed by atoms with Gasteiger partial charge in [-0.15, -0.1) is 11.3 Å². The molecule has 0 aromatic carbocycles. The minimum Gasteiger partial charge on any atom is -0.383 e. The predicted molar refractivity (Wildman–Crippen MR) is 129 cm³/mol. The molecule has 2 aliphatic rings. The van der Waals surface area contributed by atoms with Gasteiger partial charge in [0.15, 0.2) is 11.5 Å². The van der Waals surface area contributed by atoms with Crippen molar-refractivity contribution in [1.29, 1.82) is 0 Å². The van der Waals surface area contributed by atoms with E-state index in [-0.39, 0.29) is 17.6 Å². The fraction of sp³-hybridized carbons (Fsp3) is 0.583. The number of ether oxygens (including phenoxy) is 1. The van der Waals surface area contributed by atoms with Crippen molar-refractivity contribution < 1.29 is 19.1 Å². The number of hydrogen-bond donors (Lipinski definition) is 1. The molecule has 0 aliphatic carbocycles. The van der Waals surface area contributed by atoms with Crippen molar-refractivity contribution in [2.75, 3.05) is 39.9 Å². The number of rotatable bonds is 9. The Kier molecular flexibility index (Phi) is 7.80. The molecule has 34 heavy (non-hydrogen) atoms. The molecule has 9 nitrogen and oxygen atoms in total. The van der Waals surface area contributed by atoms with Crippen LogP contribution in [0.15, 0.2) is 12.1 Å². The molecule has 1 N–H and O–H groups in total. The minimum absolute atomic E-state index is 0.0488. The van der Waals surface area contributed by atoms with E-state index in [2.05, 4.69) is 22.2 Å². The highest BCUT2D eigenvalue weighted by atomic mass is 32.1. The monoisotopic (exact) mass is 487 g/mol. The van der Waals surface area contributed by atoms with Gasteiger partial charge in [-0.25, -0.2) is 0 Å². The number of methoxy groups -OCH3 is 1. The molecule has 0 radical (unpaired) electrons. The van der Waals surface area contributed by atoms with Gasteiger partial charge in [-0.05, 0) is 45.0 Å². The lowest BCUT2D eigenvalue weighted by Crippen LogP contribution is -2.41. The lowest BCUT2D eigenvalue weighted by Gasteiger charge is -2.27. The predicted octanol–water partition coefficient (Wildman–Crippen LogP) is 2.21. The van der Waals surface area contributed by atoms with Gasteiger partial charge >= 0.3 is 0 Å². The number of Topliss-reactive ketones (excluding diaryl/α,β-unsaturated/α-hetero) is 1. The second-order valence-electron chi connectivity index (χ2n) is 8.82.